The third kappa shape index (κ3) is 2.88. The number of hydrogen-bond donors (Lipinski definition) is 1. The Labute approximate surface area is 154 Å². The van der Waals surface area contributed by atoms with E-state index in [2.05, 4.69) is 14.9 Å². The van der Waals surface area contributed by atoms with Crippen LogP contribution in [-0.2, 0) is 13.1 Å². The molecule has 0 saturated carbocycles. The van der Waals surface area contributed by atoms with Gasteiger partial charge in [-0.25, -0.2) is 9.37 Å². The minimum atomic E-state index is -0.444. The molecular weight excluding hydrogens is 347 g/mol. The minimum absolute atomic E-state index is 0.0726. The van der Waals surface area contributed by atoms with Crippen LogP contribution in [0.4, 0.5) is 4.39 Å². The minimum Gasteiger partial charge on any atom is -0.312 e. The molecule has 5 rings (SSSR count). The van der Waals surface area contributed by atoms with E-state index in [4.69, 9.17) is 0 Å². The highest BCUT2D eigenvalue weighted by molar-refractivity contribution is 5.77. The molecule has 7 heteroatoms. The van der Waals surface area contributed by atoms with E-state index < -0.39 is 5.82 Å². The number of fused-ring (bicyclic) bond motifs is 5. The number of rotatable bonds is 2. The van der Waals surface area contributed by atoms with Gasteiger partial charge in [-0.05, 0) is 36.6 Å². The molecule has 3 aromatic rings. The topological polar surface area (TPSA) is 71.0 Å². The van der Waals surface area contributed by atoms with Crippen molar-refractivity contribution in [3.05, 3.63) is 74.4 Å². The van der Waals surface area contributed by atoms with Crippen LogP contribution < -0.4 is 11.1 Å². The molecule has 4 heterocycles. The van der Waals surface area contributed by atoms with Gasteiger partial charge in [0.15, 0.2) is 0 Å². The molecule has 2 aliphatic heterocycles. The summed E-state index contributed by atoms with van der Waals surface area (Å²) in [6.45, 7) is 2.96. The first-order valence-electron chi connectivity index (χ1n) is 9.17. The smallest absolute Gasteiger partial charge is 0.258 e. The summed E-state index contributed by atoms with van der Waals surface area (Å²) in [5.74, 6) is 0.871. The molecule has 138 valence electrons. The highest BCUT2D eigenvalue weighted by Crippen LogP contribution is 2.35. The van der Waals surface area contributed by atoms with Crippen molar-refractivity contribution in [3.63, 3.8) is 0 Å². The van der Waals surface area contributed by atoms with Gasteiger partial charge < -0.3 is 9.55 Å². The molecule has 27 heavy (non-hydrogen) atoms. The molecule has 1 N–H and O–H groups in total. The Balaban J connectivity index is 1.43. The highest BCUT2D eigenvalue weighted by Gasteiger charge is 2.34. The second kappa shape index (κ2) is 6.13. The Bertz CT molecular complexity index is 1150. The largest absolute Gasteiger partial charge is 0.312 e. The highest BCUT2D eigenvalue weighted by atomic mass is 19.1. The van der Waals surface area contributed by atoms with E-state index in [1.165, 1.54) is 18.2 Å². The number of benzene rings is 1. The zero-order valence-electron chi connectivity index (χ0n) is 14.7. The molecule has 2 bridgehead atoms. The summed E-state index contributed by atoms with van der Waals surface area (Å²) in [5, 5.41) is 0.266. The number of aromatic amines is 1. The van der Waals surface area contributed by atoms with Crippen molar-refractivity contribution in [1.29, 1.82) is 0 Å². The summed E-state index contributed by atoms with van der Waals surface area (Å²) in [5.41, 5.74) is 1.36. The lowest BCUT2D eigenvalue weighted by atomic mass is 9.83. The Morgan fingerprint density at radius 3 is 2.93 bits per heavy atom. The number of aromatic nitrogens is 3. The van der Waals surface area contributed by atoms with Crippen molar-refractivity contribution in [3.8, 4) is 0 Å². The zero-order valence-corrected chi connectivity index (χ0v) is 14.7. The van der Waals surface area contributed by atoms with Crippen LogP contribution >= 0.6 is 0 Å². The summed E-state index contributed by atoms with van der Waals surface area (Å²) in [7, 11) is 0. The predicted molar refractivity (Wildman–Crippen MR) is 99.1 cm³/mol. The molecule has 0 aliphatic carbocycles. The van der Waals surface area contributed by atoms with E-state index in [1.54, 1.807) is 6.07 Å². The van der Waals surface area contributed by atoms with Gasteiger partial charge >= 0.3 is 0 Å². The molecule has 0 radical (unpaired) electrons. The van der Waals surface area contributed by atoms with E-state index in [0.29, 0.717) is 29.7 Å². The van der Waals surface area contributed by atoms with Crippen LogP contribution in [0.25, 0.3) is 10.9 Å². The summed E-state index contributed by atoms with van der Waals surface area (Å²) < 4.78 is 15.3. The monoisotopic (exact) mass is 366 g/mol. The molecule has 0 amide bonds. The van der Waals surface area contributed by atoms with Gasteiger partial charge in [0.05, 0.1) is 17.4 Å². The second-order valence-electron chi connectivity index (χ2n) is 7.57. The number of nitrogens with one attached hydrogen (secondary N) is 1. The van der Waals surface area contributed by atoms with Gasteiger partial charge in [0.25, 0.3) is 11.1 Å². The number of H-pyrrole nitrogens is 1. The third-order valence-electron chi connectivity index (χ3n) is 5.65. The van der Waals surface area contributed by atoms with Crippen molar-refractivity contribution in [2.75, 3.05) is 13.1 Å². The molecule has 1 saturated heterocycles. The third-order valence-corrected chi connectivity index (χ3v) is 5.65. The van der Waals surface area contributed by atoms with E-state index >= 15 is 0 Å². The van der Waals surface area contributed by atoms with E-state index in [0.717, 1.165) is 31.7 Å². The van der Waals surface area contributed by atoms with Crippen molar-refractivity contribution >= 4 is 10.9 Å². The number of halogens is 1. The fourth-order valence-electron chi connectivity index (χ4n) is 4.57. The second-order valence-corrected chi connectivity index (χ2v) is 7.57. The van der Waals surface area contributed by atoms with Crippen LogP contribution in [0.1, 0.15) is 23.9 Å². The Morgan fingerprint density at radius 2 is 2.04 bits per heavy atom. The maximum Gasteiger partial charge on any atom is 0.258 e. The number of piperidine rings is 1. The van der Waals surface area contributed by atoms with Gasteiger partial charge in [0, 0.05) is 37.3 Å². The molecule has 2 aromatic heterocycles. The van der Waals surface area contributed by atoms with Crippen molar-refractivity contribution in [1.82, 2.24) is 19.4 Å². The quantitative estimate of drug-likeness (QED) is 0.751. The predicted octanol–water partition coefficient (Wildman–Crippen LogP) is 1.84. The van der Waals surface area contributed by atoms with Gasteiger partial charge in [0.2, 0.25) is 0 Å². The number of hydrogen-bond acceptors (Lipinski definition) is 4. The standard InChI is InChI=1S/C20H19FN4O2/c21-14-4-5-16-15(7-14)20(27)23-18(22-16)11-24-8-12-6-13(10-24)17-2-1-3-19(26)25(17)9-12/h1-5,7,12-13H,6,8-11H2,(H,22,23,27). The zero-order chi connectivity index (χ0) is 18.5. The van der Waals surface area contributed by atoms with Crippen molar-refractivity contribution in [2.24, 2.45) is 5.92 Å². The van der Waals surface area contributed by atoms with E-state index in [-0.39, 0.29) is 16.5 Å². The number of pyridine rings is 1. The first-order chi connectivity index (χ1) is 13.1. The average molecular weight is 366 g/mol. The fourth-order valence-corrected chi connectivity index (χ4v) is 4.57. The molecule has 2 unspecified atom stereocenters. The summed E-state index contributed by atoms with van der Waals surface area (Å²) in [6.07, 6.45) is 1.08. The van der Waals surface area contributed by atoms with Gasteiger partial charge in [-0.15, -0.1) is 0 Å². The summed E-state index contributed by atoms with van der Waals surface area (Å²) >= 11 is 0. The van der Waals surface area contributed by atoms with Crippen molar-refractivity contribution in [2.45, 2.75) is 25.4 Å². The number of nitrogens with zero attached hydrogens (tertiary/aromatic N) is 3. The summed E-state index contributed by atoms with van der Waals surface area (Å²) in [6, 6.07) is 9.56. The molecule has 1 aromatic carbocycles. The van der Waals surface area contributed by atoms with Crippen LogP contribution in [0.2, 0.25) is 0 Å². The van der Waals surface area contributed by atoms with Gasteiger partial charge in [-0.2, -0.15) is 0 Å². The number of likely N-dealkylation sites (tertiary alicyclic amines) is 1. The van der Waals surface area contributed by atoms with Crippen LogP contribution in [-0.4, -0.2) is 32.5 Å². The lowest BCUT2D eigenvalue weighted by Crippen LogP contribution is -2.46. The van der Waals surface area contributed by atoms with Crippen LogP contribution in [0.15, 0.2) is 46.0 Å². The first-order valence-corrected chi connectivity index (χ1v) is 9.17. The lowest BCUT2D eigenvalue weighted by molar-refractivity contribution is 0.112. The normalized spacial score (nSPS) is 22.0. The molecule has 2 atom stereocenters. The maximum absolute atomic E-state index is 13.4. The molecular formula is C20H19FN4O2. The molecule has 2 aliphatic rings. The van der Waals surface area contributed by atoms with E-state index in [1.807, 2.05) is 16.7 Å². The molecule has 1 fully saturated rings. The lowest BCUT2D eigenvalue weighted by Gasteiger charge is -2.42. The molecule has 6 nitrogen and oxygen atoms in total. The van der Waals surface area contributed by atoms with Gasteiger partial charge in [0.1, 0.15) is 11.6 Å². The van der Waals surface area contributed by atoms with Gasteiger partial charge in [-0.1, -0.05) is 6.07 Å². The first kappa shape index (κ1) is 16.4. The average Bonchev–Trinajstić information content (AvgIpc) is 2.63. The Kier molecular flexibility index (Phi) is 3.72. The Hall–Kier alpha value is -2.80. The van der Waals surface area contributed by atoms with Crippen LogP contribution in [0.5, 0.6) is 0 Å². The fraction of sp³-hybridized carbons (Fsp3) is 0.350. The maximum atomic E-state index is 13.4. The van der Waals surface area contributed by atoms with Crippen molar-refractivity contribution < 1.29 is 4.39 Å². The van der Waals surface area contributed by atoms with Crippen LogP contribution in [0, 0.1) is 11.7 Å². The van der Waals surface area contributed by atoms with E-state index in [9.17, 15) is 14.0 Å². The summed E-state index contributed by atoms with van der Waals surface area (Å²) in [4.78, 5) is 34.0. The van der Waals surface area contributed by atoms with Gasteiger partial charge in [-0.3, -0.25) is 14.5 Å². The molecule has 0 spiro atoms. The van der Waals surface area contributed by atoms with Crippen LogP contribution in [0.3, 0.4) is 0 Å². The Morgan fingerprint density at radius 1 is 1.15 bits per heavy atom. The SMILES string of the molecule is O=c1[nH]c(CN2CC3CC(C2)c2cccc(=O)n2C3)nc2ccc(F)cc12.